The number of nitrogens with zero attached hydrogens (tertiary/aromatic N) is 5. The number of aromatic amines is 2. The Morgan fingerprint density at radius 2 is 1.29 bits per heavy atom. The predicted molar refractivity (Wildman–Crippen MR) is 162 cm³/mol. The molecule has 4 aromatic heterocycles. The summed E-state index contributed by atoms with van der Waals surface area (Å²) in [6.45, 7) is 4.13. The van der Waals surface area contributed by atoms with Gasteiger partial charge in [0, 0.05) is 17.3 Å². The third-order valence-corrected chi connectivity index (χ3v) is 6.37. The Kier molecular flexibility index (Phi) is 8.54. The van der Waals surface area contributed by atoms with Gasteiger partial charge in [0.25, 0.3) is 0 Å². The van der Waals surface area contributed by atoms with Crippen LogP contribution in [0.5, 0.6) is 0 Å². The summed E-state index contributed by atoms with van der Waals surface area (Å²) in [6.07, 6.45) is 4.84. The van der Waals surface area contributed by atoms with Crippen LogP contribution in [-0.4, -0.2) is 37.5 Å². The molecule has 0 bridgehead atoms. The van der Waals surface area contributed by atoms with Gasteiger partial charge < -0.3 is 21.4 Å². The van der Waals surface area contributed by atoms with E-state index in [4.69, 9.17) is 11.5 Å². The molecule has 0 atom stereocenters. The first-order valence-electron chi connectivity index (χ1n) is 11.4. The minimum absolute atomic E-state index is 0.484. The topological polar surface area (TPSA) is 148 Å². The number of hydrogen-bond acceptors (Lipinski definition) is 8. The summed E-state index contributed by atoms with van der Waals surface area (Å²) < 4.78 is 3.56. The molecular weight excluding hydrogens is 561 g/mol. The van der Waals surface area contributed by atoms with Crippen LogP contribution in [0.3, 0.4) is 0 Å². The molecule has 0 amide bonds. The number of hydrogen-bond donors (Lipinski definition) is 5. The Bertz CT molecular complexity index is 1700. The molecule has 38 heavy (non-hydrogen) atoms. The summed E-state index contributed by atoms with van der Waals surface area (Å²) in [6, 6.07) is 16.6. The SMILES string of the molecule is Cc1ccc(-c2c(Br)[nH]c3ncnc(N)c23)cc1.Cc1ccc(-c2c[nH]c3ncnc(N)c23)cc1.[B]=NS. The summed E-state index contributed by atoms with van der Waals surface area (Å²) in [4.78, 5) is 22.7. The Morgan fingerprint density at radius 1 is 0.789 bits per heavy atom. The second-order valence-corrected chi connectivity index (χ2v) is 9.35. The van der Waals surface area contributed by atoms with E-state index in [1.165, 1.54) is 23.8 Å². The van der Waals surface area contributed by atoms with Crippen LogP contribution >= 0.6 is 28.7 Å². The second kappa shape index (κ2) is 12.0. The maximum atomic E-state index is 5.95. The average molecular weight is 585 g/mol. The van der Waals surface area contributed by atoms with Crippen molar-refractivity contribution in [1.29, 1.82) is 0 Å². The monoisotopic (exact) mass is 584 g/mol. The fourth-order valence-electron chi connectivity index (χ4n) is 3.96. The number of anilines is 2. The summed E-state index contributed by atoms with van der Waals surface area (Å²) >= 11 is 6.71. The van der Waals surface area contributed by atoms with Gasteiger partial charge in [-0.25, -0.2) is 19.9 Å². The molecule has 4 heterocycles. The van der Waals surface area contributed by atoms with E-state index in [9.17, 15) is 0 Å². The van der Waals surface area contributed by atoms with Crippen molar-refractivity contribution in [2.24, 2.45) is 4.30 Å². The molecule has 0 aliphatic carbocycles. The zero-order chi connectivity index (χ0) is 27.2. The van der Waals surface area contributed by atoms with Crippen LogP contribution in [0.1, 0.15) is 11.1 Å². The minimum atomic E-state index is 0.484. The van der Waals surface area contributed by atoms with Crippen molar-refractivity contribution in [3.63, 3.8) is 0 Å². The summed E-state index contributed by atoms with van der Waals surface area (Å²) in [5.74, 6) is 0.990. The van der Waals surface area contributed by atoms with Crippen molar-refractivity contribution in [3.8, 4) is 22.3 Å². The van der Waals surface area contributed by atoms with Crippen molar-refractivity contribution < 1.29 is 0 Å². The molecule has 0 fully saturated rings. The van der Waals surface area contributed by atoms with Crippen molar-refractivity contribution in [2.45, 2.75) is 13.8 Å². The summed E-state index contributed by atoms with van der Waals surface area (Å²) in [5, 5.41) is 1.74. The molecule has 0 aliphatic heterocycles. The first kappa shape index (κ1) is 27.0. The van der Waals surface area contributed by atoms with Crippen molar-refractivity contribution in [3.05, 3.63) is 83.1 Å². The van der Waals surface area contributed by atoms with Gasteiger partial charge >= 0.3 is 24.8 Å². The molecular formula is C26H24BBrN9S. The fraction of sp³-hybridized carbons (Fsp3) is 0.0769. The van der Waals surface area contributed by atoms with Gasteiger partial charge in [0.05, 0.1) is 15.4 Å². The van der Waals surface area contributed by atoms with Crippen molar-refractivity contribution in [2.75, 3.05) is 11.5 Å². The van der Waals surface area contributed by atoms with Crippen molar-refractivity contribution in [1.82, 2.24) is 29.9 Å². The van der Waals surface area contributed by atoms with Crippen LogP contribution in [0.25, 0.3) is 44.3 Å². The van der Waals surface area contributed by atoms with Crippen LogP contribution < -0.4 is 11.5 Å². The van der Waals surface area contributed by atoms with Crippen molar-refractivity contribution >= 4 is 70.1 Å². The fourth-order valence-corrected chi connectivity index (χ4v) is 4.57. The number of nitrogens with one attached hydrogen (secondary N) is 2. The van der Waals surface area contributed by atoms with E-state index < -0.39 is 0 Å². The third-order valence-electron chi connectivity index (χ3n) is 5.78. The van der Waals surface area contributed by atoms with E-state index in [1.807, 2.05) is 6.20 Å². The van der Waals surface area contributed by atoms with Gasteiger partial charge in [-0.15, -0.1) is 0 Å². The number of rotatable bonds is 2. The van der Waals surface area contributed by atoms with E-state index >= 15 is 0 Å². The van der Waals surface area contributed by atoms with E-state index in [1.54, 1.807) is 0 Å². The molecule has 0 spiro atoms. The number of aromatic nitrogens is 6. The van der Waals surface area contributed by atoms with E-state index in [0.29, 0.717) is 11.6 Å². The quantitative estimate of drug-likeness (QED) is 0.125. The number of thiol groups is 1. The zero-order valence-electron chi connectivity index (χ0n) is 20.6. The third kappa shape index (κ3) is 5.76. The Balaban J connectivity index is 0.000000161. The second-order valence-electron chi connectivity index (χ2n) is 8.33. The standard InChI is InChI=1S/C13H11BrN4.C13H12N4.BHNS/c1-7-2-4-8(5-3-7)9-10-12(15)16-6-17-13(10)18-11(9)14;1-8-2-4-9(5-3-8)10-6-15-13-11(10)12(14)16-7-17-13;1-2-3/h2-6H,1H3,(H3,15,16,17,18);2-7H,1H3,(H3,14,15,16,17);3H. The molecule has 189 valence electrons. The number of halogens is 1. The summed E-state index contributed by atoms with van der Waals surface area (Å²) in [5.41, 5.74) is 20.1. The number of aryl methyl sites for hydroxylation is 2. The first-order valence-corrected chi connectivity index (χ1v) is 12.6. The van der Waals surface area contributed by atoms with Crippen LogP contribution in [-0.2, 0) is 0 Å². The van der Waals surface area contributed by atoms with E-state index in [-0.39, 0.29) is 0 Å². The van der Waals surface area contributed by atoms with Crippen LogP contribution in [0.4, 0.5) is 11.6 Å². The number of H-pyrrole nitrogens is 2. The molecule has 9 nitrogen and oxygen atoms in total. The zero-order valence-corrected chi connectivity index (χ0v) is 23.1. The van der Waals surface area contributed by atoms with Gasteiger partial charge in [-0.1, -0.05) is 59.7 Å². The van der Waals surface area contributed by atoms with Crippen LogP contribution in [0, 0.1) is 13.8 Å². The number of nitrogen functional groups attached to an aromatic ring is 2. The molecule has 1 radical (unpaired) electrons. The molecule has 6 aromatic rings. The molecule has 6 rings (SSSR count). The molecule has 0 saturated heterocycles. The van der Waals surface area contributed by atoms with Gasteiger partial charge in [-0.3, -0.25) is 0 Å². The molecule has 12 heteroatoms. The van der Waals surface area contributed by atoms with E-state index in [0.717, 1.165) is 48.9 Å². The molecule has 0 unspecified atom stereocenters. The molecule has 6 N–H and O–H groups in total. The summed E-state index contributed by atoms with van der Waals surface area (Å²) in [7, 11) is 4.34. The van der Waals surface area contributed by atoms with Gasteiger partial charge in [-0.05, 0) is 40.9 Å². The molecule has 2 aromatic carbocycles. The first-order chi connectivity index (χ1) is 18.3. The maximum absolute atomic E-state index is 5.95. The van der Waals surface area contributed by atoms with Gasteiger partial charge in [0.2, 0.25) is 0 Å². The predicted octanol–water partition coefficient (Wildman–Crippen LogP) is 5.98. The Hall–Kier alpha value is -4.03. The Labute approximate surface area is 234 Å². The number of benzene rings is 2. The van der Waals surface area contributed by atoms with Gasteiger partial charge in [-0.2, -0.15) is 0 Å². The molecule has 0 saturated carbocycles. The molecule has 0 aliphatic rings. The average Bonchev–Trinajstić information content (AvgIpc) is 3.48. The Morgan fingerprint density at radius 3 is 1.87 bits per heavy atom. The number of nitrogens with two attached hydrogens (primary N) is 2. The van der Waals surface area contributed by atoms with E-state index in [2.05, 4.69) is 133 Å². The van der Waals surface area contributed by atoms with Gasteiger partial charge in [0.15, 0.2) is 0 Å². The number of fused-ring (bicyclic) bond motifs is 2. The van der Waals surface area contributed by atoms with Crippen LogP contribution in [0.15, 0.2) is 76.3 Å². The van der Waals surface area contributed by atoms with Gasteiger partial charge in [0.1, 0.15) is 35.6 Å². The normalized spacial score (nSPS) is 10.4. The van der Waals surface area contributed by atoms with Crippen LogP contribution in [0.2, 0.25) is 0 Å².